The maximum absolute atomic E-state index is 11.8. The first kappa shape index (κ1) is 13.2. The molecule has 0 radical (unpaired) electrons. The molecular formula is C13H17N5O. The van der Waals surface area contributed by atoms with E-state index in [1.165, 1.54) is 5.56 Å². The Labute approximate surface area is 111 Å². The third-order valence-electron chi connectivity index (χ3n) is 2.76. The summed E-state index contributed by atoms with van der Waals surface area (Å²) in [6.07, 6.45) is 1.60. The molecule has 6 nitrogen and oxygen atoms in total. The fraction of sp³-hybridized carbons (Fsp3) is 0.308. The second kappa shape index (κ2) is 5.62. The summed E-state index contributed by atoms with van der Waals surface area (Å²) in [6, 6.07) is 7.72. The molecule has 2 aromatic rings. The molecule has 1 aromatic heterocycles. The van der Waals surface area contributed by atoms with Gasteiger partial charge in [0.15, 0.2) is 5.69 Å². The standard InChI is InChI=1S/C13H17N5O/c1-9-3-5-11(6-4-9)18-8-12(16-17-18)13(19)15-10(2)7-14/h3-6,8,10H,7,14H2,1-2H3,(H,15,19)/t10-/m0/s1. The van der Waals surface area contributed by atoms with E-state index >= 15 is 0 Å². The number of hydrogen-bond acceptors (Lipinski definition) is 4. The van der Waals surface area contributed by atoms with Crippen molar-refractivity contribution in [3.05, 3.63) is 41.7 Å². The first-order valence-electron chi connectivity index (χ1n) is 6.10. The normalized spacial score (nSPS) is 12.2. The monoisotopic (exact) mass is 259 g/mol. The van der Waals surface area contributed by atoms with Crippen LogP contribution in [0, 0.1) is 6.92 Å². The van der Waals surface area contributed by atoms with Gasteiger partial charge in [0.25, 0.3) is 5.91 Å². The number of nitrogens with one attached hydrogen (secondary N) is 1. The quantitative estimate of drug-likeness (QED) is 0.844. The maximum atomic E-state index is 11.8. The van der Waals surface area contributed by atoms with Gasteiger partial charge >= 0.3 is 0 Å². The summed E-state index contributed by atoms with van der Waals surface area (Å²) in [5.74, 6) is -0.267. The number of carbonyl (C=O) groups excluding carboxylic acids is 1. The number of aryl methyl sites for hydroxylation is 1. The topological polar surface area (TPSA) is 85.8 Å². The highest BCUT2D eigenvalue weighted by atomic mass is 16.2. The van der Waals surface area contributed by atoms with E-state index in [2.05, 4.69) is 15.6 Å². The van der Waals surface area contributed by atoms with Gasteiger partial charge in [-0.1, -0.05) is 22.9 Å². The summed E-state index contributed by atoms with van der Waals surface area (Å²) >= 11 is 0. The SMILES string of the molecule is Cc1ccc(-n2cc(C(=O)N[C@@H](C)CN)nn2)cc1. The largest absolute Gasteiger partial charge is 0.347 e. The maximum Gasteiger partial charge on any atom is 0.273 e. The zero-order chi connectivity index (χ0) is 13.8. The van der Waals surface area contributed by atoms with E-state index in [0.29, 0.717) is 6.54 Å². The number of aromatic nitrogens is 3. The molecule has 19 heavy (non-hydrogen) atoms. The minimum atomic E-state index is -0.267. The van der Waals surface area contributed by atoms with Gasteiger partial charge in [-0.25, -0.2) is 4.68 Å². The molecule has 1 aromatic carbocycles. The zero-order valence-electron chi connectivity index (χ0n) is 11.0. The van der Waals surface area contributed by atoms with Crippen molar-refractivity contribution in [2.24, 2.45) is 5.73 Å². The van der Waals surface area contributed by atoms with Gasteiger partial charge in [0.1, 0.15) is 0 Å². The molecule has 0 saturated heterocycles. The van der Waals surface area contributed by atoms with Crippen LogP contribution in [0.1, 0.15) is 23.0 Å². The number of hydrogen-bond donors (Lipinski definition) is 2. The van der Waals surface area contributed by atoms with Gasteiger partial charge in [-0.15, -0.1) is 5.10 Å². The first-order valence-corrected chi connectivity index (χ1v) is 6.10. The van der Waals surface area contributed by atoms with E-state index in [9.17, 15) is 4.79 Å². The van der Waals surface area contributed by atoms with Crippen LogP contribution in [0.5, 0.6) is 0 Å². The molecule has 0 aliphatic rings. The average Bonchev–Trinajstić information content (AvgIpc) is 2.89. The number of nitrogens with zero attached hydrogens (tertiary/aromatic N) is 3. The number of carbonyl (C=O) groups is 1. The van der Waals surface area contributed by atoms with Crippen LogP contribution in [-0.4, -0.2) is 33.5 Å². The average molecular weight is 259 g/mol. The van der Waals surface area contributed by atoms with Crippen molar-refractivity contribution in [1.82, 2.24) is 20.3 Å². The number of nitrogens with two attached hydrogens (primary N) is 1. The molecule has 100 valence electrons. The third-order valence-corrected chi connectivity index (χ3v) is 2.76. The van der Waals surface area contributed by atoms with E-state index in [0.717, 1.165) is 5.69 Å². The van der Waals surface area contributed by atoms with Crippen molar-refractivity contribution in [1.29, 1.82) is 0 Å². The molecule has 1 atom stereocenters. The molecule has 0 saturated carbocycles. The summed E-state index contributed by atoms with van der Waals surface area (Å²) in [7, 11) is 0. The van der Waals surface area contributed by atoms with Crippen LogP contribution in [0.4, 0.5) is 0 Å². The lowest BCUT2D eigenvalue weighted by atomic mass is 10.2. The molecule has 1 amide bonds. The van der Waals surface area contributed by atoms with Gasteiger partial charge in [-0.05, 0) is 26.0 Å². The van der Waals surface area contributed by atoms with Gasteiger partial charge in [-0.3, -0.25) is 4.79 Å². The Balaban J connectivity index is 2.15. The lowest BCUT2D eigenvalue weighted by Gasteiger charge is -2.08. The zero-order valence-corrected chi connectivity index (χ0v) is 11.0. The number of benzene rings is 1. The fourth-order valence-electron chi connectivity index (χ4n) is 1.55. The van der Waals surface area contributed by atoms with E-state index in [4.69, 9.17) is 5.73 Å². The highest BCUT2D eigenvalue weighted by Gasteiger charge is 2.13. The predicted molar refractivity (Wildman–Crippen MR) is 72.1 cm³/mol. The highest BCUT2D eigenvalue weighted by Crippen LogP contribution is 2.08. The molecule has 0 spiro atoms. The molecule has 0 aliphatic carbocycles. The molecular weight excluding hydrogens is 242 g/mol. The van der Waals surface area contributed by atoms with Gasteiger partial charge in [0, 0.05) is 12.6 Å². The van der Waals surface area contributed by atoms with Gasteiger partial charge < -0.3 is 11.1 Å². The Morgan fingerprint density at radius 1 is 1.42 bits per heavy atom. The second-order valence-corrected chi connectivity index (χ2v) is 4.49. The van der Waals surface area contributed by atoms with E-state index in [-0.39, 0.29) is 17.6 Å². The molecule has 0 bridgehead atoms. The lowest BCUT2D eigenvalue weighted by Crippen LogP contribution is -2.37. The Kier molecular flexibility index (Phi) is 3.91. The van der Waals surface area contributed by atoms with E-state index < -0.39 is 0 Å². The van der Waals surface area contributed by atoms with Crippen molar-refractivity contribution in [2.45, 2.75) is 19.9 Å². The molecule has 2 rings (SSSR count). The predicted octanol–water partition coefficient (Wildman–Crippen LogP) is 0.653. The summed E-state index contributed by atoms with van der Waals surface area (Å²) < 4.78 is 1.57. The van der Waals surface area contributed by atoms with Crippen LogP contribution in [0.15, 0.2) is 30.5 Å². The molecule has 0 unspecified atom stereocenters. The van der Waals surface area contributed by atoms with Gasteiger partial charge in [0.05, 0.1) is 11.9 Å². The van der Waals surface area contributed by atoms with Crippen LogP contribution in [0.3, 0.4) is 0 Å². The number of amides is 1. The van der Waals surface area contributed by atoms with E-state index in [1.54, 1.807) is 10.9 Å². The van der Waals surface area contributed by atoms with Crippen molar-refractivity contribution < 1.29 is 4.79 Å². The van der Waals surface area contributed by atoms with Crippen molar-refractivity contribution in [3.8, 4) is 5.69 Å². The molecule has 3 N–H and O–H groups in total. The smallest absolute Gasteiger partial charge is 0.273 e. The van der Waals surface area contributed by atoms with Gasteiger partial charge in [0.2, 0.25) is 0 Å². The summed E-state index contributed by atoms with van der Waals surface area (Å²) in [5, 5.41) is 10.5. The molecule has 6 heteroatoms. The Bertz CT molecular complexity index is 561. The third kappa shape index (κ3) is 3.17. The molecule has 0 fully saturated rings. The summed E-state index contributed by atoms with van der Waals surface area (Å²) in [4.78, 5) is 11.8. The second-order valence-electron chi connectivity index (χ2n) is 4.49. The Hall–Kier alpha value is -2.21. The Morgan fingerprint density at radius 2 is 2.11 bits per heavy atom. The van der Waals surface area contributed by atoms with Crippen molar-refractivity contribution >= 4 is 5.91 Å². The fourth-order valence-corrected chi connectivity index (χ4v) is 1.55. The van der Waals surface area contributed by atoms with Crippen LogP contribution >= 0.6 is 0 Å². The highest BCUT2D eigenvalue weighted by molar-refractivity contribution is 5.92. The first-order chi connectivity index (χ1) is 9.10. The van der Waals surface area contributed by atoms with Gasteiger partial charge in [-0.2, -0.15) is 0 Å². The van der Waals surface area contributed by atoms with Crippen molar-refractivity contribution in [3.63, 3.8) is 0 Å². The summed E-state index contributed by atoms with van der Waals surface area (Å²) in [5.41, 5.74) is 7.76. The minimum absolute atomic E-state index is 0.0861. The number of rotatable bonds is 4. The van der Waals surface area contributed by atoms with Crippen LogP contribution in [0.2, 0.25) is 0 Å². The van der Waals surface area contributed by atoms with Crippen molar-refractivity contribution in [2.75, 3.05) is 6.54 Å². The summed E-state index contributed by atoms with van der Waals surface area (Å²) in [6.45, 7) is 4.23. The minimum Gasteiger partial charge on any atom is -0.347 e. The van der Waals surface area contributed by atoms with E-state index in [1.807, 2.05) is 38.1 Å². The molecule has 0 aliphatic heterocycles. The Morgan fingerprint density at radius 3 is 2.74 bits per heavy atom. The van der Waals surface area contributed by atoms with Crippen LogP contribution in [0.25, 0.3) is 5.69 Å². The molecule has 1 heterocycles. The lowest BCUT2D eigenvalue weighted by molar-refractivity contribution is 0.0936. The van der Waals surface area contributed by atoms with Crippen LogP contribution in [-0.2, 0) is 0 Å². The van der Waals surface area contributed by atoms with Crippen LogP contribution < -0.4 is 11.1 Å².